The zero-order chi connectivity index (χ0) is 7.68. The molecule has 0 aliphatic heterocycles. The number of nitrogens with zero attached hydrogens (tertiary/aromatic N) is 3. The van der Waals surface area contributed by atoms with E-state index >= 15 is 0 Å². The van der Waals surface area contributed by atoms with Crippen molar-refractivity contribution in [3.63, 3.8) is 0 Å². The Bertz CT molecular complexity index is 373. The maximum Gasteiger partial charge on any atom is 0.173 e. The highest BCUT2D eigenvalue weighted by atomic mass is 32.1. The number of aliphatic hydroxyl groups is 1. The van der Waals surface area contributed by atoms with Crippen LogP contribution in [0.15, 0.2) is 11.7 Å². The lowest BCUT2D eigenvalue weighted by molar-refractivity contribution is 0.272. The number of hydrogen-bond acceptors (Lipinski definition) is 5. The first-order valence-corrected chi connectivity index (χ1v) is 3.94. The van der Waals surface area contributed by atoms with E-state index in [0.29, 0.717) is 11.5 Å². The molecule has 0 fully saturated rings. The van der Waals surface area contributed by atoms with Crippen LogP contribution < -0.4 is 0 Å². The molecule has 0 aliphatic carbocycles. The number of rotatable bonds is 1. The third-order valence-electron chi connectivity index (χ3n) is 1.28. The Labute approximate surface area is 66.6 Å². The highest BCUT2D eigenvalue weighted by Crippen LogP contribution is 2.13. The van der Waals surface area contributed by atoms with E-state index in [0.717, 1.165) is 4.70 Å². The summed E-state index contributed by atoms with van der Waals surface area (Å²) in [5, 5.41) is 8.69. The number of aliphatic hydroxyl groups excluding tert-OH is 1. The second kappa shape index (κ2) is 2.52. The molecule has 0 radical (unpaired) electrons. The minimum Gasteiger partial charge on any atom is -0.388 e. The van der Waals surface area contributed by atoms with Gasteiger partial charge in [-0.2, -0.15) is 0 Å². The maximum absolute atomic E-state index is 8.69. The summed E-state index contributed by atoms with van der Waals surface area (Å²) in [7, 11) is 0. The van der Waals surface area contributed by atoms with E-state index in [9.17, 15) is 0 Å². The Kier molecular flexibility index (Phi) is 1.52. The van der Waals surface area contributed by atoms with Crippen molar-refractivity contribution in [2.75, 3.05) is 0 Å². The van der Waals surface area contributed by atoms with Gasteiger partial charge in [-0.05, 0) is 0 Å². The molecule has 2 rings (SSSR count). The molecule has 2 heterocycles. The lowest BCUT2D eigenvalue weighted by Crippen LogP contribution is -1.92. The topological polar surface area (TPSA) is 58.9 Å². The molecule has 1 N–H and O–H groups in total. The normalized spacial score (nSPS) is 10.6. The lowest BCUT2D eigenvalue weighted by Gasteiger charge is -1.91. The summed E-state index contributed by atoms with van der Waals surface area (Å²) in [4.78, 5) is 11.9. The van der Waals surface area contributed by atoms with Crippen molar-refractivity contribution in [3.8, 4) is 0 Å². The minimum absolute atomic E-state index is 0.131. The first-order chi connectivity index (χ1) is 5.40. The van der Waals surface area contributed by atoms with E-state index in [4.69, 9.17) is 5.11 Å². The molecule has 0 saturated heterocycles. The predicted octanol–water partition coefficient (Wildman–Crippen LogP) is 0.579. The second-order valence-corrected chi connectivity index (χ2v) is 2.87. The molecule has 4 nitrogen and oxygen atoms in total. The summed E-state index contributed by atoms with van der Waals surface area (Å²) in [6.45, 7) is -0.131. The van der Waals surface area contributed by atoms with Crippen LogP contribution in [-0.4, -0.2) is 20.1 Å². The number of hydrogen-bond donors (Lipinski definition) is 1. The van der Waals surface area contributed by atoms with Gasteiger partial charge in [-0.15, -0.1) is 11.3 Å². The highest BCUT2D eigenvalue weighted by molar-refractivity contribution is 7.16. The number of thiazole rings is 1. The van der Waals surface area contributed by atoms with Crippen LogP contribution >= 0.6 is 11.3 Å². The Balaban J connectivity index is 2.67. The van der Waals surface area contributed by atoms with Crippen LogP contribution in [0, 0.1) is 0 Å². The minimum atomic E-state index is -0.131. The van der Waals surface area contributed by atoms with Gasteiger partial charge in [-0.25, -0.2) is 15.0 Å². The molecule has 2 aromatic rings. The Morgan fingerprint density at radius 2 is 2.36 bits per heavy atom. The van der Waals surface area contributed by atoms with Gasteiger partial charge >= 0.3 is 0 Å². The van der Waals surface area contributed by atoms with E-state index < -0.39 is 0 Å². The molecular formula is C6H5N3OS. The molecular weight excluding hydrogens is 162 g/mol. The van der Waals surface area contributed by atoms with Crippen LogP contribution in [0.5, 0.6) is 0 Å². The van der Waals surface area contributed by atoms with Crippen molar-refractivity contribution in [3.05, 3.63) is 17.5 Å². The molecule has 0 saturated carbocycles. The van der Waals surface area contributed by atoms with Gasteiger partial charge in [0.05, 0.1) is 16.4 Å². The molecule has 2 aromatic heterocycles. The molecule has 11 heavy (non-hydrogen) atoms. The summed E-state index contributed by atoms with van der Waals surface area (Å²) >= 11 is 1.49. The molecule has 5 heteroatoms. The van der Waals surface area contributed by atoms with E-state index in [2.05, 4.69) is 15.0 Å². The van der Waals surface area contributed by atoms with Crippen molar-refractivity contribution in [2.24, 2.45) is 0 Å². The number of fused-ring (bicyclic) bond motifs is 1. The largest absolute Gasteiger partial charge is 0.388 e. The van der Waals surface area contributed by atoms with Crippen molar-refractivity contribution < 1.29 is 5.11 Å². The van der Waals surface area contributed by atoms with Gasteiger partial charge in [0.2, 0.25) is 0 Å². The molecule has 0 spiro atoms. The first-order valence-electron chi connectivity index (χ1n) is 3.06. The van der Waals surface area contributed by atoms with Crippen LogP contribution in [0.2, 0.25) is 0 Å². The Hall–Kier alpha value is -1.07. The third-order valence-corrected chi connectivity index (χ3v) is 2.03. The van der Waals surface area contributed by atoms with Crippen molar-refractivity contribution in [1.29, 1.82) is 0 Å². The summed E-state index contributed by atoms with van der Waals surface area (Å²) in [6, 6.07) is 0. The van der Waals surface area contributed by atoms with Gasteiger partial charge in [-0.1, -0.05) is 0 Å². The second-order valence-electron chi connectivity index (χ2n) is 1.98. The Morgan fingerprint density at radius 3 is 3.18 bits per heavy atom. The monoisotopic (exact) mass is 167 g/mol. The fourth-order valence-corrected chi connectivity index (χ4v) is 1.37. The molecule has 0 aliphatic rings. The van der Waals surface area contributed by atoms with E-state index in [1.165, 1.54) is 11.3 Å². The van der Waals surface area contributed by atoms with Crippen LogP contribution in [0.3, 0.4) is 0 Å². The van der Waals surface area contributed by atoms with Crippen LogP contribution in [0.25, 0.3) is 10.3 Å². The standard InChI is InChI=1S/C6H5N3OS/c10-2-5-7-1-4-6(9-5)8-3-11-4/h1,3,10H,2H2. The molecule has 0 bridgehead atoms. The summed E-state index contributed by atoms with van der Waals surface area (Å²) in [6.07, 6.45) is 1.67. The first kappa shape index (κ1) is 6.63. The average molecular weight is 167 g/mol. The zero-order valence-electron chi connectivity index (χ0n) is 5.56. The molecule has 0 atom stereocenters. The van der Waals surface area contributed by atoms with Gasteiger partial charge < -0.3 is 5.11 Å². The van der Waals surface area contributed by atoms with E-state index in [1.807, 2.05) is 0 Å². The molecule has 0 unspecified atom stereocenters. The highest BCUT2D eigenvalue weighted by Gasteiger charge is 1.99. The van der Waals surface area contributed by atoms with Crippen molar-refractivity contribution in [2.45, 2.75) is 6.61 Å². The van der Waals surface area contributed by atoms with E-state index in [-0.39, 0.29) is 6.61 Å². The van der Waals surface area contributed by atoms with Crippen molar-refractivity contribution in [1.82, 2.24) is 15.0 Å². The Morgan fingerprint density at radius 1 is 1.45 bits per heavy atom. The zero-order valence-corrected chi connectivity index (χ0v) is 6.38. The summed E-state index contributed by atoms with van der Waals surface area (Å²) in [5.74, 6) is 0.420. The van der Waals surface area contributed by atoms with Crippen LogP contribution in [0.1, 0.15) is 5.82 Å². The predicted molar refractivity (Wildman–Crippen MR) is 41.1 cm³/mol. The van der Waals surface area contributed by atoms with Gasteiger partial charge in [0.1, 0.15) is 6.61 Å². The van der Waals surface area contributed by atoms with Gasteiger partial charge in [-0.3, -0.25) is 0 Å². The van der Waals surface area contributed by atoms with Gasteiger partial charge in [0, 0.05) is 0 Å². The maximum atomic E-state index is 8.69. The van der Waals surface area contributed by atoms with Crippen molar-refractivity contribution >= 4 is 21.7 Å². The smallest absolute Gasteiger partial charge is 0.173 e. The molecule has 0 aromatic carbocycles. The van der Waals surface area contributed by atoms with Crippen LogP contribution in [0.4, 0.5) is 0 Å². The van der Waals surface area contributed by atoms with Crippen LogP contribution in [-0.2, 0) is 6.61 Å². The average Bonchev–Trinajstić information content (AvgIpc) is 2.50. The lowest BCUT2D eigenvalue weighted by atomic mass is 10.5. The molecule has 56 valence electrons. The van der Waals surface area contributed by atoms with Gasteiger partial charge in [0.25, 0.3) is 0 Å². The summed E-state index contributed by atoms with van der Waals surface area (Å²) in [5.41, 5.74) is 2.37. The van der Waals surface area contributed by atoms with E-state index in [1.54, 1.807) is 11.7 Å². The fourth-order valence-electron chi connectivity index (χ4n) is 0.782. The number of aromatic nitrogens is 3. The summed E-state index contributed by atoms with van der Waals surface area (Å²) < 4.78 is 0.946. The SMILES string of the molecule is OCc1ncc2scnc2n1. The van der Waals surface area contributed by atoms with Gasteiger partial charge in [0.15, 0.2) is 11.5 Å². The third kappa shape index (κ3) is 1.08. The fraction of sp³-hybridized carbons (Fsp3) is 0.167. The quantitative estimate of drug-likeness (QED) is 0.674. The molecule has 0 amide bonds.